The molecule has 1 rings (SSSR count). The minimum Gasteiger partial charge on any atom is -0.334 e. The highest BCUT2D eigenvalue weighted by Crippen LogP contribution is 2.12. The molecule has 2 N–H and O–H groups in total. The molecule has 1 fully saturated rings. The Morgan fingerprint density at radius 1 is 1.53 bits per heavy atom. The standard InChI is InChI=1S/C8H14F3N3O/c1-14-3-2-6(4-14)13-7(15)12-5-8(9,10)11/h6H,2-5H2,1H3,(H2,12,13,15). The van der Waals surface area contributed by atoms with Gasteiger partial charge in [0.1, 0.15) is 6.54 Å². The van der Waals surface area contributed by atoms with E-state index in [-0.39, 0.29) is 6.04 Å². The van der Waals surface area contributed by atoms with Crippen molar-refractivity contribution in [1.29, 1.82) is 0 Å². The second-order valence-electron chi connectivity index (χ2n) is 3.69. The Hall–Kier alpha value is -0.980. The summed E-state index contributed by atoms with van der Waals surface area (Å²) in [5, 5.41) is 4.26. The lowest BCUT2D eigenvalue weighted by Gasteiger charge is -2.14. The summed E-state index contributed by atoms with van der Waals surface area (Å²) < 4.78 is 35.2. The SMILES string of the molecule is CN1CCC(NC(=O)NCC(F)(F)F)C1. The molecule has 15 heavy (non-hydrogen) atoms. The van der Waals surface area contributed by atoms with Crippen LogP contribution in [0.15, 0.2) is 0 Å². The number of likely N-dealkylation sites (tertiary alicyclic amines) is 1. The predicted molar refractivity (Wildman–Crippen MR) is 48.5 cm³/mol. The van der Waals surface area contributed by atoms with Gasteiger partial charge < -0.3 is 15.5 Å². The quantitative estimate of drug-likeness (QED) is 0.721. The molecule has 1 aliphatic heterocycles. The highest BCUT2D eigenvalue weighted by atomic mass is 19.4. The molecule has 1 atom stereocenters. The smallest absolute Gasteiger partial charge is 0.334 e. The molecule has 0 aromatic rings. The van der Waals surface area contributed by atoms with E-state index in [1.807, 2.05) is 11.9 Å². The first-order valence-corrected chi connectivity index (χ1v) is 4.66. The van der Waals surface area contributed by atoms with Crippen LogP contribution in [0.4, 0.5) is 18.0 Å². The minimum atomic E-state index is -4.36. The number of carbonyl (C=O) groups excluding carboxylic acids is 1. The first-order valence-electron chi connectivity index (χ1n) is 4.66. The van der Waals surface area contributed by atoms with Gasteiger partial charge in [-0.25, -0.2) is 4.79 Å². The van der Waals surface area contributed by atoms with Crippen LogP contribution < -0.4 is 10.6 Å². The number of nitrogens with zero attached hydrogens (tertiary/aromatic N) is 1. The number of rotatable bonds is 2. The van der Waals surface area contributed by atoms with Gasteiger partial charge in [-0.1, -0.05) is 0 Å². The lowest BCUT2D eigenvalue weighted by molar-refractivity contribution is -0.122. The molecule has 7 heteroatoms. The number of amides is 2. The summed E-state index contributed by atoms with van der Waals surface area (Å²) in [6.07, 6.45) is -3.58. The Labute approximate surface area is 85.8 Å². The maximum absolute atomic E-state index is 11.7. The molecule has 1 aliphatic rings. The highest BCUT2D eigenvalue weighted by molar-refractivity contribution is 5.74. The number of nitrogens with one attached hydrogen (secondary N) is 2. The number of carbonyl (C=O) groups is 1. The molecule has 0 aromatic carbocycles. The molecule has 1 unspecified atom stereocenters. The van der Waals surface area contributed by atoms with Gasteiger partial charge in [0.15, 0.2) is 0 Å². The molecule has 4 nitrogen and oxygen atoms in total. The van der Waals surface area contributed by atoms with Crippen LogP contribution in [-0.4, -0.2) is 49.8 Å². The van der Waals surface area contributed by atoms with Gasteiger partial charge in [-0.15, -0.1) is 0 Å². The van der Waals surface area contributed by atoms with Gasteiger partial charge in [0.2, 0.25) is 0 Å². The Morgan fingerprint density at radius 2 is 2.20 bits per heavy atom. The number of hydrogen-bond donors (Lipinski definition) is 2. The Kier molecular flexibility index (Phi) is 3.78. The fourth-order valence-corrected chi connectivity index (χ4v) is 1.47. The van der Waals surface area contributed by atoms with Crippen LogP contribution in [-0.2, 0) is 0 Å². The number of urea groups is 1. The summed E-state index contributed by atoms with van der Waals surface area (Å²) in [5.74, 6) is 0. The van der Waals surface area contributed by atoms with Gasteiger partial charge in [0, 0.05) is 12.6 Å². The van der Waals surface area contributed by atoms with Gasteiger partial charge >= 0.3 is 12.2 Å². The van der Waals surface area contributed by atoms with Crippen LogP contribution >= 0.6 is 0 Å². The van der Waals surface area contributed by atoms with E-state index in [2.05, 4.69) is 5.32 Å². The summed E-state index contributed by atoms with van der Waals surface area (Å²) in [6, 6.07) is -0.809. The maximum Gasteiger partial charge on any atom is 0.405 e. The van der Waals surface area contributed by atoms with Gasteiger partial charge in [0.25, 0.3) is 0 Å². The van der Waals surface area contributed by atoms with E-state index in [0.717, 1.165) is 13.0 Å². The van der Waals surface area contributed by atoms with Crippen molar-refractivity contribution in [1.82, 2.24) is 15.5 Å². The van der Waals surface area contributed by atoms with Crippen LogP contribution in [0, 0.1) is 0 Å². The lowest BCUT2D eigenvalue weighted by atomic mass is 10.3. The molecule has 0 radical (unpaired) electrons. The van der Waals surface area contributed by atoms with Gasteiger partial charge in [-0.2, -0.15) is 13.2 Å². The minimum absolute atomic E-state index is 0.0526. The van der Waals surface area contributed by atoms with E-state index in [4.69, 9.17) is 0 Å². The van der Waals surface area contributed by atoms with Crippen molar-refractivity contribution < 1.29 is 18.0 Å². The largest absolute Gasteiger partial charge is 0.405 e. The fraction of sp³-hybridized carbons (Fsp3) is 0.875. The topological polar surface area (TPSA) is 44.4 Å². The van der Waals surface area contributed by atoms with Crippen molar-refractivity contribution in [2.75, 3.05) is 26.7 Å². The molecule has 2 amide bonds. The molecule has 0 saturated carbocycles. The zero-order valence-electron chi connectivity index (χ0n) is 8.40. The number of hydrogen-bond acceptors (Lipinski definition) is 2. The molecule has 88 valence electrons. The first-order chi connectivity index (χ1) is 6.87. The zero-order valence-corrected chi connectivity index (χ0v) is 8.40. The molecule has 0 bridgehead atoms. The third-order valence-electron chi connectivity index (χ3n) is 2.18. The second-order valence-corrected chi connectivity index (χ2v) is 3.69. The molecule has 0 aromatic heterocycles. The zero-order chi connectivity index (χ0) is 11.5. The van der Waals surface area contributed by atoms with Crippen molar-refractivity contribution in [2.24, 2.45) is 0 Å². The van der Waals surface area contributed by atoms with E-state index in [1.54, 1.807) is 5.32 Å². The lowest BCUT2D eigenvalue weighted by Crippen LogP contribution is -2.45. The average molecular weight is 225 g/mol. The Bertz CT molecular complexity index is 232. The summed E-state index contributed by atoms with van der Waals surface area (Å²) in [6.45, 7) is 0.241. The van der Waals surface area contributed by atoms with E-state index < -0.39 is 18.8 Å². The molecule has 1 heterocycles. The Morgan fingerprint density at radius 3 is 2.67 bits per heavy atom. The van der Waals surface area contributed by atoms with Gasteiger partial charge in [-0.05, 0) is 20.0 Å². The van der Waals surface area contributed by atoms with Gasteiger partial charge in [0.05, 0.1) is 0 Å². The summed E-state index contributed by atoms with van der Waals surface area (Å²) in [7, 11) is 1.90. The average Bonchev–Trinajstić information content (AvgIpc) is 2.47. The first kappa shape index (κ1) is 12.1. The molecular weight excluding hydrogens is 211 g/mol. The number of alkyl halides is 3. The van der Waals surface area contributed by atoms with Crippen molar-refractivity contribution in [2.45, 2.75) is 18.6 Å². The fourth-order valence-electron chi connectivity index (χ4n) is 1.47. The van der Waals surface area contributed by atoms with Crippen LogP contribution in [0.3, 0.4) is 0 Å². The van der Waals surface area contributed by atoms with Crippen LogP contribution in [0.1, 0.15) is 6.42 Å². The van der Waals surface area contributed by atoms with Gasteiger partial charge in [-0.3, -0.25) is 0 Å². The van der Waals surface area contributed by atoms with Crippen LogP contribution in [0.25, 0.3) is 0 Å². The summed E-state index contributed by atoms with van der Waals surface area (Å²) >= 11 is 0. The Balaban J connectivity index is 2.19. The monoisotopic (exact) mass is 225 g/mol. The third kappa shape index (κ3) is 4.87. The molecule has 0 aliphatic carbocycles. The van der Waals surface area contributed by atoms with E-state index in [9.17, 15) is 18.0 Å². The summed E-state index contributed by atoms with van der Waals surface area (Å²) in [4.78, 5) is 13.0. The number of likely N-dealkylation sites (N-methyl/N-ethyl adjacent to an activating group) is 1. The van der Waals surface area contributed by atoms with Crippen molar-refractivity contribution in [3.8, 4) is 0 Å². The van der Waals surface area contributed by atoms with E-state index in [1.165, 1.54) is 0 Å². The van der Waals surface area contributed by atoms with E-state index in [0.29, 0.717) is 6.54 Å². The molecule has 1 saturated heterocycles. The molecule has 0 spiro atoms. The second kappa shape index (κ2) is 4.69. The third-order valence-corrected chi connectivity index (χ3v) is 2.18. The van der Waals surface area contributed by atoms with Crippen molar-refractivity contribution in [3.05, 3.63) is 0 Å². The predicted octanol–water partition coefficient (Wildman–Crippen LogP) is 0.552. The number of halogens is 3. The summed E-state index contributed by atoms with van der Waals surface area (Å²) in [5.41, 5.74) is 0. The van der Waals surface area contributed by atoms with Crippen molar-refractivity contribution >= 4 is 6.03 Å². The van der Waals surface area contributed by atoms with Crippen molar-refractivity contribution in [3.63, 3.8) is 0 Å². The van der Waals surface area contributed by atoms with Crippen LogP contribution in [0.5, 0.6) is 0 Å². The molecular formula is C8H14F3N3O. The highest BCUT2D eigenvalue weighted by Gasteiger charge is 2.28. The van der Waals surface area contributed by atoms with Crippen LogP contribution in [0.2, 0.25) is 0 Å². The maximum atomic E-state index is 11.7. The normalized spacial score (nSPS) is 22.8. The van der Waals surface area contributed by atoms with E-state index >= 15 is 0 Å².